The molecule has 7 nitrogen and oxygen atoms in total. The largest absolute Gasteiger partial charge is 0.497 e. The number of hydrogen-bond acceptors (Lipinski definition) is 5. The van der Waals surface area contributed by atoms with Crippen LogP contribution in [0.25, 0.3) is 5.57 Å². The maximum Gasteiger partial charge on any atom is 0.410 e. The van der Waals surface area contributed by atoms with Crippen molar-refractivity contribution in [3.05, 3.63) is 83.4 Å². The van der Waals surface area contributed by atoms with E-state index in [0.717, 1.165) is 30.6 Å². The number of carbonyl (C=O) groups excluding carboxylic acids is 2. The predicted molar refractivity (Wildman–Crippen MR) is 162 cm³/mol. The van der Waals surface area contributed by atoms with Crippen molar-refractivity contribution < 1.29 is 19.1 Å². The molecule has 2 aromatic carbocycles. The minimum absolute atomic E-state index is 0.0176. The summed E-state index contributed by atoms with van der Waals surface area (Å²) in [6.45, 7) is 9.59. The standard InChI is InChI=1S/C34H41N3O4/c1-5-36(6-2)31(38)30-14-15-33(3,24-35-30)29-22-34(21-26-12-13-27(40-4)20-28(26)29)16-18-37(19-17-34)32(39)41-23-25-10-8-7-9-11-25/h7-15,20,22H,5-6,16-19,21,23-24H2,1-4H3. The van der Waals surface area contributed by atoms with Crippen LogP contribution in [0.5, 0.6) is 5.75 Å². The number of dihydropyridines is 1. The summed E-state index contributed by atoms with van der Waals surface area (Å²) in [6.07, 6.45) is 8.87. The molecule has 2 amide bonds. The van der Waals surface area contributed by atoms with Gasteiger partial charge in [-0.1, -0.05) is 55.5 Å². The highest BCUT2D eigenvalue weighted by Gasteiger charge is 2.42. The number of benzene rings is 2. The Bertz CT molecular complexity index is 1370. The van der Waals surface area contributed by atoms with Gasteiger partial charge < -0.3 is 19.3 Å². The SMILES string of the molecule is CCN(CC)C(=O)C1=NCC(C)(C2=CC3(CCN(C(=O)OCc4ccccc4)CC3)Cc3ccc(OC)cc32)C=C1. The van der Waals surface area contributed by atoms with Crippen LogP contribution in [0, 0.1) is 10.8 Å². The minimum atomic E-state index is -0.368. The molecule has 0 saturated carbocycles. The first-order valence-electron chi connectivity index (χ1n) is 14.7. The highest BCUT2D eigenvalue weighted by molar-refractivity contribution is 6.43. The molecule has 1 saturated heterocycles. The summed E-state index contributed by atoms with van der Waals surface area (Å²) in [5, 5.41) is 0. The van der Waals surface area contributed by atoms with Crippen molar-refractivity contribution in [2.75, 3.05) is 39.8 Å². The van der Waals surface area contributed by atoms with Crippen LogP contribution in [0.4, 0.5) is 4.79 Å². The van der Waals surface area contributed by atoms with Gasteiger partial charge in [-0.3, -0.25) is 9.79 Å². The van der Waals surface area contributed by atoms with Gasteiger partial charge in [0.05, 0.1) is 13.7 Å². The Labute approximate surface area is 243 Å². The average molecular weight is 556 g/mol. The van der Waals surface area contributed by atoms with Crippen LogP contribution in [-0.4, -0.2) is 67.3 Å². The zero-order valence-corrected chi connectivity index (χ0v) is 24.7. The van der Waals surface area contributed by atoms with E-state index in [9.17, 15) is 9.59 Å². The summed E-state index contributed by atoms with van der Waals surface area (Å²) in [6, 6.07) is 16.1. The molecular weight excluding hydrogens is 514 g/mol. The maximum absolute atomic E-state index is 13.0. The zero-order valence-electron chi connectivity index (χ0n) is 24.7. The van der Waals surface area contributed by atoms with Crippen molar-refractivity contribution >= 4 is 23.3 Å². The van der Waals surface area contributed by atoms with Crippen LogP contribution >= 0.6 is 0 Å². The number of methoxy groups -OCH3 is 1. The Morgan fingerprint density at radius 3 is 2.41 bits per heavy atom. The second kappa shape index (κ2) is 11.9. The number of hydrogen-bond donors (Lipinski definition) is 0. The number of piperidine rings is 1. The van der Waals surface area contributed by atoms with Crippen LogP contribution in [0.2, 0.25) is 0 Å². The Kier molecular flexibility index (Phi) is 8.34. The molecule has 2 aliphatic heterocycles. The highest BCUT2D eigenvalue weighted by atomic mass is 16.6. The van der Waals surface area contributed by atoms with E-state index < -0.39 is 0 Å². The third-order valence-corrected chi connectivity index (χ3v) is 8.89. The number of likely N-dealkylation sites (tertiary alicyclic amines) is 1. The number of rotatable bonds is 7. The first-order chi connectivity index (χ1) is 19.8. The molecule has 1 unspecified atom stereocenters. The third kappa shape index (κ3) is 5.95. The summed E-state index contributed by atoms with van der Waals surface area (Å²) in [5.74, 6) is 0.807. The van der Waals surface area contributed by atoms with Crippen molar-refractivity contribution in [3.8, 4) is 5.75 Å². The monoisotopic (exact) mass is 555 g/mol. The van der Waals surface area contributed by atoms with Gasteiger partial charge in [-0.2, -0.15) is 0 Å². The molecule has 1 atom stereocenters. The molecule has 7 heteroatoms. The van der Waals surface area contributed by atoms with E-state index in [2.05, 4.69) is 31.2 Å². The summed E-state index contributed by atoms with van der Waals surface area (Å²) < 4.78 is 11.2. The Morgan fingerprint density at radius 2 is 1.78 bits per heavy atom. The first kappa shape index (κ1) is 28.7. The second-order valence-corrected chi connectivity index (χ2v) is 11.6. The molecule has 0 bridgehead atoms. The van der Waals surface area contributed by atoms with Crippen molar-refractivity contribution in [3.63, 3.8) is 0 Å². The Balaban J connectivity index is 1.37. The van der Waals surface area contributed by atoms with Crippen molar-refractivity contribution in [2.24, 2.45) is 15.8 Å². The second-order valence-electron chi connectivity index (χ2n) is 11.6. The number of ether oxygens (including phenoxy) is 2. The average Bonchev–Trinajstić information content (AvgIpc) is 3.01. The summed E-state index contributed by atoms with van der Waals surface area (Å²) in [7, 11) is 1.69. The fraction of sp³-hybridized carbons (Fsp3) is 0.441. The lowest BCUT2D eigenvalue weighted by Crippen LogP contribution is -2.45. The topological polar surface area (TPSA) is 71.4 Å². The number of fused-ring (bicyclic) bond motifs is 1. The smallest absolute Gasteiger partial charge is 0.410 e. The van der Waals surface area contributed by atoms with Gasteiger partial charge in [0.2, 0.25) is 0 Å². The molecular formula is C34H41N3O4. The van der Waals surface area contributed by atoms with Crippen molar-refractivity contribution in [2.45, 2.75) is 46.6 Å². The van der Waals surface area contributed by atoms with E-state index in [4.69, 9.17) is 14.5 Å². The van der Waals surface area contributed by atoms with Gasteiger partial charge in [0.15, 0.2) is 0 Å². The molecule has 2 heterocycles. The lowest BCUT2D eigenvalue weighted by Gasteiger charge is -2.45. The molecule has 1 aliphatic carbocycles. The van der Waals surface area contributed by atoms with Gasteiger partial charge in [-0.25, -0.2) is 4.79 Å². The van der Waals surface area contributed by atoms with Gasteiger partial charge in [0.25, 0.3) is 5.91 Å². The van der Waals surface area contributed by atoms with Crippen LogP contribution in [0.3, 0.4) is 0 Å². The number of carbonyl (C=O) groups is 2. The number of allylic oxidation sites excluding steroid dienone is 1. The van der Waals surface area contributed by atoms with Gasteiger partial charge in [0, 0.05) is 31.6 Å². The van der Waals surface area contributed by atoms with Crippen LogP contribution < -0.4 is 4.74 Å². The lowest BCUT2D eigenvalue weighted by molar-refractivity contribution is -0.123. The molecule has 41 heavy (non-hydrogen) atoms. The fourth-order valence-corrected chi connectivity index (χ4v) is 6.24. The zero-order chi connectivity index (χ0) is 29.0. The molecule has 0 aromatic heterocycles. The summed E-state index contributed by atoms with van der Waals surface area (Å²) in [5.41, 5.74) is 4.75. The van der Waals surface area contributed by atoms with Crippen molar-refractivity contribution in [1.29, 1.82) is 0 Å². The molecule has 5 rings (SSSR count). The highest BCUT2D eigenvalue weighted by Crippen LogP contribution is 2.51. The van der Waals surface area contributed by atoms with Crippen molar-refractivity contribution in [1.82, 2.24) is 9.80 Å². The van der Waals surface area contributed by atoms with Crippen LogP contribution in [0.15, 0.2) is 71.8 Å². The molecule has 1 fully saturated rings. The molecule has 1 spiro atoms. The number of nitrogens with zero attached hydrogens (tertiary/aromatic N) is 3. The maximum atomic E-state index is 13.0. The fourth-order valence-electron chi connectivity index (χ4n) is 6.24. The predicted octanol–water partition coefficient (Wildman–Crippen LogP) is 5.94. The van der Waals surface area contributed by atoms with E-state index in [1.54, 1.807) is 12.0 Å². The third-order valence-electron chi connectivity index (χ3n) is 8.89. The molecule has 216 valence electrons. The number of amides is 2. The van der Waals surface area contributed by atoms with E-state index in [-0.39, 0.29) is 29.4 Å². The first-order valence-corrected chi connectivity index (χ1v) is 14.7. The molecule has 0 radical (unpaired) electrons. The van der Waals surface area contributed by atoms with Crippen LogP contribution in [-0.2, 0) is 22.6 Å². The minimum Gasteiger partial charge on any atom is -0.497 e. The summed E-state index contributed by atoms with van der Waals surface area (Å²) >= 11 is 0. The molecule has 2 aromatic rings. The Hall–Kier alpha value is -3.87. The van der Waals surface area contributed by atoms with Crippen LogP contribution in [0.1, 0.15) is 50.3 Å². The van der Waals surface area contributed by atoms with Gasteiger partial charge >= 0.3 is 6.09 Å². The van der Waals surface area contributed by atoms with Gasteiger partial charge in [-0.15, -0.1) is 0 Å². The van der Waals surface area contributed by atoms with E-state index in [1.165, 1.54) is 16.7 Å². The lowest BCUT2D eigenvalue weighted by atomic mass is 9.63. The van der Waals surface area contributed by atoms with E-state index >= 15 is 0 Å². The normalized spacial score (nSPS) is 21.0. The summed E-state index contributed by atoms with van der Waals surface area (Å²) in [4.78, 5) is 34.3. The van der Waals surface area contributed by atoms with E-state index in [1.807, 2.05) is 61.2 Å². The van der Waals surface area contributed by atoms with Gasteiger partial charge in [0.1, 0.15) is 18.1 Å². The molecule has 0 N–H and O–H groups in total. The van der Waals surface area contributed by atoms with Gasteiger partial charge in [-0.05, 0) is 79.0 Å². The van der Waals surface area contributed by atoms with E-state index in [0.29, 0.717) is 38.4 Å². The molecule has 3 aliphatic rings. The Morgan fingerprint density at radius 1 is 1.05 bits per heavy atom. The number of aliphatic imine (C=N–C) groups is 1. The quantitative estimate of drug-likeness (QED) is 0.424.